The zero-order chi connectivity index (χ0) is 24.4. The fourth-order valence-electron chi connectivity index (χ4n) is 4.44. The number of thiazole rings is 1. The average molecular weight is 493 g/mol. The van der Waals surface area contributed by atoms with E-state index in [1.165, 1.54) is 21.8 Å². The van der Waals surface area contributed by atoms with Gasteiger partial charge in [-0.05, 0) is 42.3 Å². The number of carbonyl (C=O) groups excluding carboxylic acids is 3. The number of nitrogens with zero attached hydrogens (tertiary/aromatic N) is 4. The van der Waals surface area contributed by atoms with Crippen molar-refractivity contribution in [3.8, 4) is 0 Å². The predicted molar refractivity (Wildman–Crippen MR) is 136 cm³/mol. The van der Waals surface area contributed by atoms with Gasteiger partial charge in [-0.15, -0.1) is 0 Å². The molecule has 182 valence electrons. The number of amides is 3. The molecule has 0 N–H and O–H groups in total. The minimum absolute atomic E-state index is 0.200. The van der Waals surface area contributed by atoms with E-state index in [0.29, 0.717) is 42.7 Å². The monoisotopic (exact) mass is 492 g/mol. The molecule has 3 aromatic rings. The molecule has 0 bridgehead atoms. The summed E-state index contributed by atoms with van der Waals surface area (Å²) in [5.74, 6) is -0.669. The second kappa shape index (κ2) is 10.2. The predicted octanol–water partition coefficient (Wildman–Crippen LogP) is 3.49. The summed E-state index contributed by atoms with van der Waals surface area (Å²) in [5, 5.41) is 0.644. The van der Waals surface area contributed by atoms with Gasteiger partial charge in [0.2, 0.25) is 11.8 Å². The van der Waals surface area contributed by atoms with Crippen LogP contribution in [0.5, 0.6) is 0 Å². The van der Waals surface area contributed by atoms with Crippen molar-refractivity contribution in [2.24, 2.45) is 0 Å². The summed E-state index contributed by atoms with van der Waals surface area (Å²) in [5.41, 5.74) is 2.96. The third-order valence-corrected chi connectivity index (χ3v) is 7.51. The number of morpholine rings is 1. The van der Waals surface area contributed by atoms with Crippen LogP contribution in [-0.4, -0.2) is 67.0 Å². The van der Waals surface area contributed by atoms with Gasteiger partial charge in [-0.25, -0.2) is 4.98 Å². The van der Waals surface area contributed by atoms with E-state index in [-0.39, 0.29) is 30.6 Å². The van der Waals surface area contributed by atoms with Crippen molar-refractivity contribution in [3.63, 3.8) is 0 Å². The number of anilines is 2. The van der Waals surface area contributed by atoms with Crippen molar-refractivity contribution in [1.82, 2.24) is 9.88 Å². The lowest BCUT2D eigenvalue weighted by molar-refractivity contribution is -0.121. The van der Waals surface area contributed by atoms with Gasteiger partial charge < -0.3 is 4.74 Å². The van der Waals surface area contributed by atoms with Crippen LogP contribution in [0.15, 0.2) is 42.5 Å². The molecule has 0 saturated carbocycles. The van der Waals surface area contributed by atoms with E-state index in [2.05, 4.69) is 24.0 Å². The molecule has 2 fully saturated rings. The maximum Gasteiger partial charge on any atom is 0.260 e. The number of fused-ring (bicyclic) bond motifs is 1. The number of aromatic nitrogens is 1. The topological polar surface area (TPSA) is 83.1 Å². The Morgan fingerprint density at radius 2 is 1.86 bits per heavy atom. The number of ether oxygens (including phenoxy) is 1. The lowest BCUT2D eigenvalue weighted by Gasteiger charge is -2.29. The summed E-state index contributed by atoms with van der Waals surface area (Å²) < 4.78 is 6.50. The molecule has 2 saturated heterocycles. The summed E-state index contributed by atoms with van der Waals surface area (Å²) in [4.78, 5) is 48.2. The van der Waals surface area contributed by atoms with Gasteiger partial charge in [-0.3, -0.25) is 29.1 Å². The van der Waals surface area contributed by atoms with E-state index in [1.807, 2.05) is 6.07 Å². The van der Waals surface area contributed by atoms with Crippen LogP contribution in [0.4, 0.5) is 10.8 Å². The molecule has 8 nitrogen and oxygen atoms in total. The Labute approximate surface area is 208 Å². The van der Waals surface area contributed by atoms with E-state index in [9.17, 15) is 14.4 Å². The third kappa shape index (κ3) is 4.98. The largest absolute Gasteiger partial charge is 0.379 e. The Balaban J connectivity index is 1.46. The standard InChI is InChI=1S/C26H28N4O4S/c1-2-18-6-7-21-22(16-18)35-26(27-21)29(11-10-28-12-14-34-15-13-28)25(33)19-4-3-5-20(17-19)30-23(31)8-9-24(30)32/h3-7,16-17H,2,8-15H2,1H3. The molecule has 3 heterocycles. The number of aryl methyl sites for hydroxylation is 1. The molecule has 9 heteroatoms. The van der Waals surface area contributed by atoms with Crippen LogP contribution in [-0.2, 0) is 20.7 Å². The fraction of sp³-hybridized carbons (Fsp3) is 0.385. The highest BCUT2D eigenvalue weighted by Gasteiger charge is 2.31. The van der Waals surface area contributed by atoms with E-state index >= 15 is 0 Å². The first-order valence-electron chi connectivity index (χ1n) is 12.0. The summed E-state index contributed by atoms with van der Waals surface area (Å²) in [6.45, 7) is 6.33. The maximum atomic E-state index is 13.8. The Hall–Kier alpha value is -3.14. The van der Waals surface area contributed by atoms with Crippen molar-refractivity contribution in [2.75, 3.05) is 49.2 Å². The number of hydrogen-bond donors (Lipinski definition) is 0. The Bertz CT molecular complexity index is 1250. The second-order valence-corrected chi connectivity index (χ2v) is 9.75. The summed E-state index contributed by atoms with van der Waals surface area (Å²) >= 11 is 1.51. The molecule has 0 atom stereocenters. The van der Waals surface area contributed by atoms with Crippen LogP contribution in [0.25, 0.3) is 10.2 Å². The third-order valence-electron chi connectivity index (χ3n) is 6.47. The number of carbonyl (C=O) groups is 3. The molecular formula is C26H28N4O4S. The fourth-order valence-corrected chi connectivity index (χ4v) is 5.49. The molecule has 2 aliphatic rings. The lowest BCUT2D eigenvalue weighted by atomic mass is 10.1. The Morgan fingerprint density at radius 1 is 1.09 bits per heavy atom. The van der Waals surface area contributed by atoms with Crippen molar-refractivity contribution in [1.29, 1.82) is 0 Å². The van der Waals surface area contributed by atoms with Crippen molar-refractivity contribution >= 4 is 50.1 Å². The van der Waals surface area contributed by atoms with Gasteiger partial charge in [0.1, 0.15) is 0 Å². The number of hydrogen-bond acceptors (Lipinski definition) is 7. The molecule has 1 aromatic heterocycles. The van der Waals surface area contributed by atoms with Gasteiger partial charge >= 0.3 is 0 Å². The van der Waals surface area contributed by atoms with Crippen LogP contribution >= 0.6 is 11.3 Å². The summed E-state index contributed by atoms with van der Waals surface area (Å²) in [7, 11) is 0. The quantitative estimate of drug-likeness (QED) is 0.470. The molecule has 35 heavy (non-hydrogen) atoms. The minimum atomic E-state index is -0.235. The molecule has 0 aliphatic carbocycles. The molecule has 2 aliphatic heterocycles. The normalized spacial score (nSPS) is 16.9. The van der Waals surface area contributed by atoms with E-state index in [4.69, 9.17) is 9.72 Å². The maximum absolute atomic E-state index is 13.8. The molecule has 0 radical (unpaired) electrons. The molecule has 3 amide bonds. The highest BCUT2D eigenvalue weighted by atomic mass is 32.1. The number of rotatable bonds is 7. The van der Waals surface area contributed by atoms with Gasteiger partial charge in [0.15, 0.2) is 5.13 Å². The number of benzene rings is 2. The van der Waals surface area contributed by atoms with Crippen molar-refractivity contribution < 1.29 is 19.1 Å². The van der Waals surface area contributed by atoms with Gasteiger partial charge in [0.05, 0.1) is 29.1 Å². The lowest BCUT2D eigenvalue weighted by Crippen LogP contribution is -2.43. The van der Waals surface area contributed by atoms with Crippen LogP contribution < -0.4 is 9.80 Å². The zero-order valence-electron chi connectivity index (χ0n) is 19.7. The molecular weight excluding hydrogens is 464 g/mol. The SMILES string of the molecule is CCc1ccc2nc(N(CCN3CCOCC3)C(=O)c3cccc(N4C(=O)CCC4=O)c3)sc2c1. The summed E-state index contributed by atoms with van der Waals surface area (Å²) in [6, 6.07) is 13.0. The number of imide groups is 1. The van der Waals surface area contributed by atoms with Crippen LogP contribution in [0.3, 0.4) is 0 Å². The van der Waals surface area contributed by atoms with Gasteiger partial charge in [-0.1, -0.05) is 30.4 Å². The van der Waals surface area contributed by atoms with Crippen LogP contribution in [0, 0.1) is 0 Å². The van der Waals surface area contributed by atoms with Crippen LogP contribution in [0.2, 0.25) is 0 Å². The highest BCUT2D eigenvalue weighted by Crippen LogP contribution is 2.31. The first-order valence-corrected chi connectivity index (χ1v) is 12.8. The van der Waals surface area contributed by atoms with Gasteiger partial charge in [-0.2, -0.15) is 0 Å². The van der Waals surface area contributed by atoms with E-state index < -0.39 is 0 Å². The molecule has 0 unspecified atom stereocenters. The van der Waals surface area contributed by atoms with Crippen molar-refractivity contribution in [3.05, 3.63) is 53.6 Å². The smallest absolute Gasteiger partial charge is 0.260 e. The van der Waals surface area contributed by atoms with E-state index in [1.54, 1.807) is 29.2 Å². The van der Waals surface area contributed by atoms with Gasteiger partial charge in [0, 0.05) is 44.6 Å². The zero-order valence-corrected chi connectivity index (χ0v) is 20.6. The molecule has 2 aromatic carbocycles. The molecule has 0 spiro atoms. The highest BCUT2D eigenvalue weighted by molar-refractivity contribution is 7.22. The first kappa shape index (κ1) is 23.6. The first-order chi connectivity index (χ1) is 17.0. The van der Waals surface area contributed by atoms with Gasteiger partial charge in [0.25, 0.3) is 5.91 Å². The van der Waals surface area contributed by atoms with Crippen molar-refractivity contribution in [2.45, 2.75) is 26.2 Å². The minimum Gasteiger partial charge on any atom is -0.379 e. The van der Waals surface area contributed by atoms with E-state index in [0.717, 1.165) is 29.7 Å². The second-order valence-electron chi connectivity index (χ2n) is 8.74. The van der Waals surface area contributed by atoms with Crippen LogP contribution in [0.1, 0.15) is 35.7 Å². The average Bonchev–Trinajstić information content (AvgIpc) is 3.46. The summed E-state index contributed by atoms with van der Waals surface area (Å²) in [6.07, 6.45) is 1.34. The Morgan fingerprint density at radius 3 is 2.60 bits per heavy atom. The molecule has 5 rings (SSSR count). The Kier molecular flexibility index (Phi) is 6.90.